The Labute approximate surface area is 222 Å². The lowest BCUT2D eigenvalue weighted by Gasteiger charge is -2.27. The van der Waals surface area contributed by atoms with Crippen LogP contribution < -0.4 is 0 Å². The quantitative estimate of drug-likeness (QED) is 0.248. The van der Waals surface area contributed by atoms with Crippen molar-refractivity contribution in [1.29, 1.82) is 0 Å². The molecule has 5 rings (SSSR count). The Morgan fingerprint density at radius 1 is 1.03 bits per heavy atom. The fourth-order valence-corrected chi connectivity index (χ4v) is 5.51. The third-order valence-corrected chi connectivity index (χ3v) is 7.55. The number of carboxylic acid groups (broad SMARTS) is 1. The van der Waals surface area contributed by atoms with Crippen LogP contribution in [0.4, 0.5) is 0 Å². The standard InChI is InChI=1S/C29H35N7O2/c1-2-3-4-9-26-30-29(23-16-10-20(11-17-23)18-27(37)38)36(33-26)19-21-12-14-22(15-13-21)24-7-5-6-8-25(24)28-31-34-35-32-28/h5-8,12-15,20,23H,2-4,9-11,16-19H2,1H3,(H,37,38)(H,31,32,34,35). The Balaban J connectivity index is 1.34. The average Bonchev–Trinajstić information content (AvgIpc) is 3.60. The fraction of sp³-hybridized carbons (Fsp3) is 0.448. The zero-order valence-electron chi connectivity index (χ0n) is 21.9. The maximum absolute atomic E-state index is 11.2. The third kappa shape index (κ3) is 6.15. The number of carbonyl (C=O) groups is 1. The van der Waals surface area contributed by atoms with Gasteiger partial charge in [-0.2, -0.15) is 5.10 Å². The summed E-state index contributed by atoms with van der Waals surface area (Å²) in [6.07, 6.45) is 8.42. The molecule has 1 saturated carbocycles. The number of benzene rings is 2. The molecule has 2 N–H and O–H groups in total. The first-order chi connectivity index (χ1) is 18.6. The second kappa shape index (κ2) is 12.1. The van der Waals surface area contributed by atoms with E-state index in [9.17, 15) is 9.90 Å². The van der Waals surface area contributed by atoms with Crippen LogP contribution in [-0.2, 0) is 17.8 Å². The van der Waals surface area contributed by atoms with E-state index in [1.165, 1.54) is 18.4 Å². The number of nitrogens with one attached hydrogen (secondary N) is 1. The Kier molecular flexibility index (Phi) is 8.21. The number of aromatic amines is 1. The van der Waals surface area contributed by atoms with Gasteiger partial charge in [0.15, 0.2) is 11.6 Å². The monoisotopic (exact) mass is 513 g/mol. The van der Waals surface area contributed by atoms with Crippen LogP contribution >= 0.6 is 0 Å². The summed E-state index contributed by atoms with van der Waals surface area (Å²) < 4.78 is 2.09. The molecule has 0 aliphatic heterocycles. The van der Waals surface area contributed by atoms with Gasteiger partial charge in [0.2, 0.25) is 0 Å². The van der Waals surface area contributed by atoms with E-state index in [0.717, 1.165) is 66.9 Å². The summed E-state index contributed by atoms with van der Waals surface area (Å²) in [6, 6.07) is 16.7. The van der Waals surface area contributed by atoms with Crippen LogP contribution in [0.3, 0.4) is 0 Å². The highest BCUT2D eigenvalue weighted by atomic mass is 16.4. The SMILES string of the molecule is CCCCCc1nc(C2CCC(CC(=O)O)CC2)n(Cc2ccc(-c3ccccc3-c3nnn[nH]3)cc2)n1. The van der Waals surface area contributed by atoms with Crippen LogP contribution in [0.2, 0.25) is 0 Å². The normalized spacial score (nSPS) is 17.5. The van der Waals surface area contributed by atoms with Gasteiger partial charge in [-0.05, 0) is 65.1 Å². The number of nitrogens with zero attached hydrogens (tertiary/aromatic N) is 6. The molecule has 0 atom stereocenters. The maximum atomic E-state index is 11.2. The van der Waals surface area contributed by atoms with Crippen molar-refractivity contribution in [3.63, 3.8) is 0 Å². The topological polar surface area (TPSA) is 122 Å². The van der Waals surface area contributed by atoms with Crippen molar-refractivity contribution in [1.82, 2.24) is 35.4 Å². The molecule has 9 nitrogen and oxygen atoms in total. The van der Waals surface area contributed by atoms with Gasteiger partial charge in [0, 0.05) is 24.3 Å². The van der Waals surface area contributed by atoms with Crippen LogP contribution in [-0.4, -0.2) is 46.5 Å². The number of carboxylic acids is 1. The second-order valence-electron chi connectivity index (χ2n) is 10.3. The molecule has 9 heteroatoms. The van der Waals surface area contributed by atoms with E-state index in [1.807, 2.05) is 18.2 Å². The predicted octanol–water partition coefficient (Wildman–Crippen LogP) is 5.65. The van der Waals surface area contributed by atoms with E-state index >= 15 is 0 Å². The van der Waals surface area contributed by atoms with Crippen LogP contribution in [0, 0.1) is 5.92 Å². The van der Waals surface area contributed by atoms with E-state index in [-0.39, 0.29) is 12.3 Å². The molecule has 0 spiro atoms. The molecule has 38 heavy (non-hydrogen) atoms. The molecule has 0 bridgehead atoms. The number of rotatable bonds is 11. The van der Waals surface area contributed by atoms with Crippen LogP contribution in [0.25, 0.3) is 22.5 Å². The lowest BCUT2D eigenvalue weighted by Crippen LogP contribution is -2.19. The molecule has 1 fully saturated rings. The van der Waals surface area contributed by atoms with Gasteiger partial charge in [-0.25, -0.2) is 14.8 Å². The first-order valence-corrected chi connectivity index (χ1v) is 13.7. The van der Waals surface area contributed by atoms with E-state index in [0.29, 0.717) is 18.3 Å². The number of hydrogen-bond donors (Lipinski definition) is 2. The molecule has 198 valence electrons. The fourth-order valence-electron chi connectivity index (χ4n) is 5.51. The van der Waals surface area contributed by atoms with Gasteiger partial charge in [-0.3, -0.25) is 4.79 Å². The summed E-state index contributed by atoms with van der Waals surface area (Å²) in [5.74, 6) is 2.52. The molecular formula is C29H35N7O2. The second-order valence-corrected chi connectivity index (χ2v) is 10.3. The average molecular weight is 514 g/mol. The summed E-state index contributed by atoms with van der Waals surface area (Å²) in [5, 5.41) is 28.5. The molecule has 2 heterocycles. The van der Waals surface area contributed by atoms with Crippen molar-refractivity contribution in [3.8, 4) is 22.5 Å². The summed E-state index contributed by atoms with van der Waals surface area (Å²) in [7, 11) is 0. The number of unbranched alkanes of at least 4 members (excludes halogenated alkanes) is 2. The molecule has 0 radical (unpaired) electrons. The number of aryl methyl sites for hydroxylation is 1. The number of tetrazole rings is 1. The molecule has 4 aromatic rings. The highest BCUT2D eigenvalue weighted by Crippen LogP contribution is 2.37. The predicted molar refractivity (Wildman–Crippen MR) is 144 cm³/mol. The van der Waals surface area contributed by atoms with Crippen molar-refractivity contribution in [2.75, 3.05) is 0 Å². The minimum absolute atomic E-state index is 0.268. The van der Waals surface area contributed by atoms with Gasteiger partial charge in [0.05, 0.1) is 6.54 Å². The molecule has 2 aromatic heterocycles. The lowest BCUT2D eigenvalue weighted by atomic mass is 9.80. The van der Waals surface area contributed by atoms with E-state index in [1.54, 1.807) is 0 Å². The van der Waals surface area contributed by atoms with Crippen molar-refractivity contribution >= 4 is 5.97 Å². The van der Waals surface area contributed by atoms with Crippen molar-refractivity contribution in [3.05, 3.63) is 65.7 Å². The highest BCUT2D eigenvalue weighted by Gasteiger charge is 2.28. The highest BCUT2D eigenvalue weighted by molar-refractivity contribution is 5.80. The van der Waals surface area contributed by atoms with Crippen molar-refractivity contribution < 1.29 is 9.90 Å². The van der Waals surface area contributed by atoms with Crippen molar-refractivity contribution in [2.45, 2.75) is 77.2 Å². The zero-order valence-corrected chi connectivity index (χ0v) is 21.9. The van der Waals surface area contributed by atoms with E-state index in [4.69, 9.17) is 10.1 Å². The third-order valence-electron chi connectivity index (χ3n) is 7.55. The van der Waals surface area contributed by atoms with Gasteiger partial charge in [-0.1, -0.05) is 68.3 Å². The largest absolute Gasteiger partial charge is 0.481 e. The lowest BCUT2D eigenvalue weighted by molar-refractivity contribution is -0.138. The Morgan fingerprint density at radius 2 is 1.79 bits per heavy atom. The first-order valence-electron chi connectivity index (χ1n) is 13.7. The Hall–Kier alpha value is -3.88. The number of hydrogen-bond acceptors (Lipinski definition) is 6. The maximum Gasteiger partial charge on any atom is 0.303 e. The molecule has 0 unspecified atom stereocenters. The van der Waals surface area contributed by atoms with Gasteiger partial charge in [0.25, 0.3) is 0 Å². The molecule has 1 aliphatic rings. The van der Waals surface area contributed by atoms with E-state index in [2.05, 4.69) is 62.6 Å². The first kappa shape index (κ1) is 25.8. The van der Waals surface area contributed by atoms with Gasteiger partial charge < -0.3 is 5.11 Å². The molecule has 0 saturated heterocycles. The molecule has 2 aromatic carbocycles. The minimum Gasteiger partial charge on any atom is -0.481 e. The van der Waals surface area contributed by atoms with Gasteiger partial charge >= 0.3 is 5.97 Å². The van der Waals surface area contributed by atoms with Crippen LogP contribution in [0.5, 0.6) is 0 Å². The number of H-pyrrole nitrogens is 1. The summed E-state index contributed by atoms with van der Waals surface area (Å²) in [5.41, 5.74) is 4.28. The Morgan fingerprint density at radius 3 is 2.47 bits per heavy atom. The van der Waals surface area contributed by atoms with Crippen LogP contribution in [0.15, 0.2) is 48.5 Å². The zero-order chi connectivity index (χ0) is 26.3. The number of aromatic nitrogens is 7. The summed E-state index contributed by atoms with van der Waals surface area (Å²) >= 11 is 0. The minimum atomic E-state index is -0.696. The van der Waals surface area contributed by atoms with Gasteiger partial charge in [0.1, 0.15) is 5.82 Å². The van der Waals surface area contributed by atoms with E-state index < -0.39 is 5.97 Å². The molecule has 1 aliphatic carbocycles. The number of aliphatic carboxylic acids is 1. The smallest absolute Gasteiger partial charge is 0.303 e. The molecular weight excluding hydrogens is 478 g/mol. The van der Waals surface area contributed by atoms with Gasteiger partial charge in [-0.15, -0.1) is 5.10 Å². The van der Waals surface area contributed by atoms with Crippen LogP contribution in [0.1, 0.15) is 81.4 Å². The molecule has 0 amide bonds. The summed E-state index contributed by atoms with van der Waals surface area (Å²) in [6.45, 7) is 2.87. The van der Waals surface area contributed by atoms with Crippen molar-refractivity contribution in [2.24, 2.45) is 5.92 Å². The summed E-state index contributed by atoms with van der Waals surface area (Å²) in [4.78, 5) is 16.2. The Bertz CT molecular complexity index is 1320.